The molecule has 0 aromatic heterocycles. The Morgan fingerprint density at radius 2 is 1.29 bits per heavy atom. The first kappa shape index (κ1) is 16.4. The highest BCUT2D eigenvalue weighted by Gasteiger charge is 2.09. The van der Waals surface area contributed by atoms with E-state index in [1.165, 1.54) is 32.1 Å². The maximum Gasteiger partial charge on any atom is 0.320 e. The molecule has 0 saturated carbocycles. The third kappa shape index (κ3) is 11.6. The Kier molecular flexibility index (Phi) is 11.4. The monoisotopic (exact) mass is 245 g/mol. The molecule has 0 rings (SSSR count). The fourth-order valence-electron chi connectivity index (χ4n) is 1.84. The lowest BCUT2D eigenvalue weighted by atomic mass is 10.0. The van der Waals surface area contributed by atoms with Crippen LogP contribution in [0.4, 0.5) is 0 Å². The van der Waals surface area contributed by atoms with Gasteiger partial charge >= 0.3 is 5.97 Å². The number of aliphatic hydroxyl groups excluding tert-OH is 1. The van der Waals surface area contributed by atoms with E-state index in [4.69, 9.17) is 15.9 Å². The molecule has 0 radical (unpaired) electrons. The first-order valence-electron chi connectivity index (χ1n) is 6.77. The number of unbranched alkanes of at least 4 members (excludes halogenated alkanes) is 8. The summed E-state index contributed by atoms with van der Waals surface area (Å²) in [6, 6.07) is -0.687. The summed E-state index contributed by atoms with van der Waals surface area (Å²) in [5.74, 6) is -0.895. The number of carboxylic acid groups (broad SMARTS) is 1. The van der Waals surface area contributed by atoms with Gasteiger partial charge in [0.25, 0.3) is 0 Å². The van der Waals surface area contributed by atoms with Crippen molar-refractivity contribution < 1.29 is 15.0 Å². The van der Waals surface area contributed by atoms with Crippen molar-refractivity contribution in [1.29, 1.82) is 0 Å². The van der Waals surface area contributed by atoms with Gasteiger partial charge in [-0.2, -0.15) is 0 Å². The van der Waals surface area contributed by atoms with E-state index in [0.717, 1.165) is 25.7 Å². The molecule has 0 aliphatic heterocycles. The second-order valence-electron chi connectivity index (χ2n) is 4.64. The van der Waals surface area contributed by atoms with Gasteiger partial charge in [-0.1, -0.05) is 51.4 Å². The third-order valence-electron chi connectivity index (χ3n) is 2.99. The maximum absolute atomic E-state index is 10.4. The van der Waals surface area contributed by atoms with Crippen molar-refractivity contribution in [3.8, 4) is 0 Å². The normalized spacial score (nSPS) is 12.6. The second-order valence-corrected chi connectivity index (χ2v) is 4.64. The summed E-state index contributed by atoms with van der Waals surface area (Å²) in [7, 11) is 0. The lowest BCUT2D eigenvalue weighted by Crippen LogP contribution is -2.29. The van der Waals surface area contributed by atoms with Gasteiger partial charge in [-0.3, -0.25) is 4.79 Å². The van der Waals surface area contributed by atoms with Gasteiger partial charge < -0.3 is 15.9 Å². The van der Waals surface area contributed by atoms with Crippen LogP contribution in [0.3, 0.4) is 0 Å². The Bertz CT molecular complexity index is 186. The molecule has 0 spiro atoms. The quantitative estimate of drug-likeness (QED) is 0.461. The van der Waals surface area contributed by atoms with Crippen LogP contribution in [0.2, 0.25) is 0 Å². The largest absolute Gasteiger partial charge is 0.480 e. The molecule has 0 saturated heterocycles. The number of carboxylic acids is 1. The molecule has 0 aliphatic carbocycles. The lowest BCUT2D eigenvalue weighted by molar-refractivity contribution is -0.138. The molecule has 102 valence electrons. The number of aliphatic hydroxyl groups is 1. The van der Waals surface area contributed by atoms with Gasteiger partial charge in [-0.25, -0.2) is 0 Å². The molecule has 1 atom stereocenters. The van der Waals surface area contributed by atoms with Crippen LogP contribution in [-0.4, -0.2) is 28.8 Å². The van der Waals surface area contributed by atoms with Crippen LogP contribution in [0, 0.1) is 0 Å². The van der Waals surface area contributed by atoms with E-state index in [2.05, 4.69) is 0 Å². The molecule has 4 nitrogen and oxygen atoms in total. The van der Waals surface area contributed by atoms with Crippen LogP contribution in [0.5, 0.6) is 0 Å². The van der Waals surface area contributed by atoms with Gasteiger partial charge in [0.15, 0.2) is 0 Å². The maximum atomic E-state index is 10.4. The summed E-state index contributed by atoms with van der Waals surface area (Å²) in [5.41, 5.74) is 5.41. The summed E-state index contributed by atoms with van der Waals surface area (Å²) in [5, 5.41) is 17.2. The van der Waals surface area contributed by atoms with Gasteiger partial charge in [0.2, 0.25) is 0 Å². The van der Waals surface area contributed by atoms with Gasteiger partial charge in [0.1, 0.15) is 6.04 Å². The number of carbonyl (C=O) groups is 1. The Labute approximate surface area is 104 Å². The standard InChI is InChI=1S/C13H27NO3/c14-12(13(16)17)10-8-6-4-2-1-3-5-7-9-11-15/h12,15H,1-11,14H2,(H,16,17)/t12-/m0/s1. The van der Waals surface area contributed by atoms with Crippen LogP contribution < -0.4 is 5.73 Å². The topological polar surface area (TPSA) is 83.5 Å². The first-order chi connectivity index (χ1) is 8.18. The molecule has 0 bridgehead atoms. The molecule has 4 N–H and O–H groups in total. The predicted molar refractivity (Wildman–Crippen MR) is 68.9 cm³/mol. The molecule has 17 heavy (non-hydrogen) atoms. The molecule has 4 heteroatoms. The van der Waals surface area contributed by atoms with Crippen molar-refractivity contribution >= 4 is 5.97 Å². The number of rotatable bonds is 12. The zero-order chi connectivity index (χ0) is 12.9. The second kappa shape index (κ2) is 11.9. The molecule has 0 amide bonds. The molecule has 0 unspecified atom stereocenters. The number of hydrogen-bond donors (Lipinski definition) is 3. The highest BCUT2D eigenvalue weighted by molar-refractivity contribution is 5.72. The highest BCUT2D eigenvalue weighted by atomic mass is 16.4. The Balaban J connectivity index is 3.06. The Morgan fingerprint density at radius 3 is 1.71 bits per heavy atom. The van der Waals surface area contributed by atoms with Crippen molar-refractivity contribution in [3.63, 3.8) is 0 Å². The molecule has 0 aliphatic rings. The minimum Gasteiger partial charge on any atom is -0.480 e. The van der Waals surface area contributed by atoms with E-state index in [9.17, 15) is 4.79 Å². The van der Waals surface area contributed by atoms with Crippen molar-refractivity contribution in [2.24, 2.45) is 5.73 Å². The van der Waals surface area contributed by atoms with Crippen LogP contribution in [0.1, 0.15) is 64.2 Å². The van der Waals surface area contributed by atoms with Crippen molar-refractivity contribution in [1.82, 2.24) is 0 Å². The summed E-state index contributed by atoms with van der Waals surface area (Å²) < 4.78 is 0. The number of hydrogen-bond acceptors (Lipinski definition) is 3. The third-order valence-corrected chi connectivity index (χ3v) is 2.99. The zero-order valence-electron chi connectivity index (χ0n) is 10.7. The smallest absolute Gasteiger partial charge is 0.320 e. The molecule has 0 aromatic rings. The molecular weight excluding hydrogens is 218 g/mol. The van der Waals surface area contributed by atoms with Crippen molar-refractivity contribution in [2.75, 3.05) is 6.61 Å². The molecule has 0 aromatic carbocycles. The molecule has 0 fully saturated rings. The fraction of sp³-hybridized carbons (Fsp3) is 0.923. The average molecular weight is 245 g/mol. The van der Waals surface area contributed by atoms with Gasteiger partial charge in [-0.15, -0.1) is 0 Å². The minimum atomic E-state index is -0.895. The summed E-state index contributed by atoms with van der Waals surface area (Å²) in [6.45, 7) is 0.309. The van der Waals surface area contributed by atoms with Crippen LogP contribution in [0.15, 0.2) is 0 Å². The molecule has 0 heterocycles. The van der Waals surface area contributed by atoms with E-state index >= 15 is 0 Å². The van der Waals surface area contributed by atoms with Gasteiger partial charge in [0, 0.05) is 6.61 Å². The van der Waals surface area contributed by atoms with Crippen molar-refractivity contribution in [3.05, 3.63) is 0 Å². The van der Waals surface area contributed by atoms with Crippen LogP contribution in [-0.2, 0) is 4.79 Å². The van der Waals surface area contributed by atoms with Crippen LogP contribution >= 0.6 is 0 Å². The number of nitrogens with two attached hydrogens (primary N) is 1. The average Bonchev–Trinajstić information content (AvgIpc) is 2.31. The lowest BCUT2D eigenvalue weighted by Gasteiger charge is -2.05. The van der Waals surface area contributed by atoms with E-state index in [0.29, 0.717) is 13.0 Å². The first-order valence-corrected chi connectivity index (χ1v) is 6.77. The zero-order valence-corrected chi connectivity index (χ0v) is 10.7. The van der Waals surface area contributed by atoms with E-state index in [1.54, 1.807) is 0 Å². The SMILES string of the molecule is N[C@@H](CCCCCCCCCCCO)C(=O)O. The fourth-order valence-corrected chi connectivity index (χ4v) is 1.84. The van der Waals surface area contributed by atoms with E-state index < -0.39 is 12.0 Å². The van der Waals surface area contributed by atoms with Gasteiger partial charge in [-0.05, 0) is 12.8 Å². The van der Waals surface area contributed by atoms with E-state index in [-0.39, 0.29) is 0 Å². The molecular formula is C13H27NO3. The summed E-state index contributed by atoms with van der Waals surface area (Å²) >= 11 is 0. The van der Waals surface area contributed by atoms with Crippen LogP contribution in [0.25, 0.3) is 0 Å². The highest BCUT2D eigenvalue weighted by Crippen LogP contribution is 2.11. The van der Waals surface area contributed by atoms with E-state index in [1.807, 2.05) is 0 Å². The number of aliphatic carboxylic acids is 1. The minimum absolute atomic E-state index is 0.309. The van der Waals surface area contributed by atoms with Crippen molar-refractivity contribution in [2.45, 2.75) is 70.3 Å². The Morgan fingerprint density at radius 1 is 0.882 bits per heavy atom. The Hall–Kier alpha value is -0.610. The predicted octanol–water partition coefficient (Wildman–Crippen LogP) is 2.29. The van der Waals surface area contributed by atoms with Gasteiger partial charge in [0.05, 0.1) is 0 Å². The summed E-state index contributed by atoms with van der Waals surface area (Å²) in [6.07, 6.45) is 10.7. The summed E-state index contributed by atoms with van der Waals surface area (Å²) in [4.78, 5) is 10.4.